The zero-order valence-corrected chi connectivity index (χ0v) is 13.9. The van der Waals surface area contributed by atoms with E-state index < -0.39 is 0 Å². The van der Waals surface area contributed by atoms with Crippen LogP contribution in [0.3, 0.4) is 0 Å². The molecule has 24 heavy (non-hydrogen) atoms. The second kappa shape index (κ2) is 9.34. The van der Waals surface area contributed by atoms with Crippen LogP contribution in [0.1, 0.15) is 23.8 Å². The minimum atomic E-state index is -0.210. The third-order valence-electron chi connectivity index (χ3n) is 3.17. The van der Waals surface area contributed by atoms with Gasteiger partial charge >= 0.3 is 0 Å². The molecular formula is C17H22N4O3. The topological polar surface area (TPSA) is 85.4 Å². The predicted octanol–water partition coefficient (Wildman–Crippen LogP) is 2.12. The van der Waals surface area contributed by atoms with Crippen molar-refractivity contribution in [2.45, 2.75) is 13.3 Å². The zero-order chi connectivity index (χ0) is 17.2. The van der Waals surface area contributed by atoms with E-state index in [4.69, 9.17) is 9.47 Å². The normalized spacial score (nSPS) is 10.1. The van der Waals surface area contributed by atoms with Crippen LogP contribution in [0.2, 0.25) is 0 Å². The largest absolute Gasteiger partial charge is 0.497 e. The van der Waals surface area contributed by atoms with Gasteiger partial charge in [-0.1, -0.05) is 6.92 Å². The maximum atomic E-state index is 11.7. The summed E-state index contributed by atoms with van der Waals surface area (Å²) in [6.45, 7) is 3.67. The van der Waals surface area contributed by atoms with E-state index in [0.717, 1.165) is 17.9 Å². The first kappa shape index (κ1) is 17.5. The lowest BCUT2D eigenvalue weighted by molar-refractivity contribution is 0.0947. The summed E-state index contributed by atoms with van der Waals surface area (Å²) < 4.78 is 10.7. The zero-order valence-electron chi connectivity index (χ0n) is 13.9. The lowest BCUT2D eigenvalue weighted by Crippen LogP contribution is -2.25. The smallest absolute Gasteiger partial charge is 0.271 e. The van der Waals surface area contributed by atoms with E-state index in [9.17, 15) is 4.79 Å². The van der Waals surface area contributed by atoms with Gasteiger partial charge in [-0.3, -0.25) is 4.79 Å². The van der Waals surface area contributed by atoms with E-state index in [2.05, 4.69) is 20.8 Å². The lowest BCUT2D eigenvalue weighted by Gasteiger charge is -2.08. The molecule has 0 bridgehead atoms. The molecule has 1 heterocycles. The predicted molar refractivity (Wildman–Crippen MR) is 91.6 cm³/mol. The van der Waals surface area contributed by atoms with Crippen LogP contribution in [-0.4, -0.2) is 42.9 Å². The molecule has 1 amide bonds. The Hall–Kier alpha value is -2.83. The van der Waals surface area contributed by atoms with Gasteiger partial charge in [0.05, 0.1) is 13.7 Å². The molecule has 0 saturated heterocycles. The highest BCUT2D eigenvalue weighted by Gasteiger charge is 2.06. The van der Waals surface area contributed by atoms with Gasteiger partial charge in [-0.15, -0.1) is 10.2 Å². The van der Waals surface area contributed by atoms with Crippen molar-refractivity contribution < 1.29 is 14.3 Å². The first-order valence-electron chi connectivity index (χ1n) is 7.85. The number of nitrogens with zero attached hydrogens (tertiary/aromatic N) is 2. The number of carbonyl (C=O) groups is 1. The maximum Gasteiger partial charge on any atom is 0.271 e. The van der Waals surface area contributed by atoms with Crippen LogP contribution in [0.4, 0.5) is 5.82 Å². The third-order valence-corrected chi connectivity index (χ3v) is 3.17. The molecule has 0 aliphatic carbocycles. The van der Waals surface area contributed by atoms with Gasteiger partial charge < -0.3 is 20.1 Å². The highest BCUT2D eigenvalue weighted by molar-refractivity contribution is 5.92. The highest BCUT2D eigenvalue weighted by atomic mass is 16.5. The summed E-state index contributed by atoms with van der Waals surface area (Å²) in [5, 5.41) is 13.7. The van der Waals surface area contributed by atoms with E-state index >= 15 is 0 Å². The summed E-state index contributed by atoms with van der Waals surface area (Å²) in [5.74, 6) is 1.95. The van der Waals surface area contributed by atoms with Crippen LogP contribution in [0.5, 0.6) is 11.5 Å². The summed E-state index contributed by atoms with van der Waals surface area (Å²) in [6, 6.07) is 10.8. The quantitative estimate of drug-likeness (QED) is 0.685. The molecule has 1 aromatic carbocycles. The molecule has 2 rings (SSSR count). The van der Waals surface area contributed by atoms with Gasteiger partial charge in [0.2, 0.25) is 0 Å². The molecule has 128 valence electrons. The summed E-state index contributed by atoms with van der Waals surface area (Å²) in [5.41, 5.74) is 0.309. The standard InChI is InChI=1S/C17H22N4O3/c1-3-10-19-17(22)15-8-9-16(21-20-15)18-11-12-24-14-6-4-13(23-2)5-7-14/h4-9H,3,10-12H2,1-2H3,(H,18,21)(H,19,22). The summed E-state index contributed by atoms with van der Waals surface area (Å²) in [7, 11) is 1.62. The fourth-order valence-corrected chi connectivity index (χ4v) is 1.90. The number of nitrogens with one attached hydrogen (secondary N) is 2. The molecule has 1 aromatic heterocycles. The Morgan fingerprint density at radius 3 is 2.42 bits per heavy atom. The van der Waals surface area contributed by atoms with Crippen molar-refractivity contribution in [2.75, 3.05) is 32.1 Å². The molecule has 2 aromatic rings. The molecule has 0 spiro atoms. The molecule has 0 aliphatic rings. The van der Waals surface area contributed by atoms with E-state index in [1.165, 1.54) is 0 Å². The van der Waals surface area contributed by atoms with E-state index in [1.54, 1.807) is 19.2 Å². The Morgan fingerprint density at radius 2 is 1.79 bits per heavy atom. The van der Waals surface area contributed by atoms with Crippen molar-refractivity contribution in [3.63, 3.8) is 0 Å². The van der Waals surface area contributed by atoms with Crippen LogP contribution in [-0.2, 0) is 0 Å². The average molecular weight is 330 g/mol. The summed E-state index contributed by atoms with van der Waals surface area (Å²) >= 11 is 0. The second-order valence-electron chi connectivity index (χ2n) is 5.01. The van der Waals surface area contributed by atoms with Gasteiger partial charge in [-0.25, -0.2) is 0 Å². The first-order chi connectivity index (χ1) is 11.7. The molecule has 0 aliphatic heterocycles. The maximum absolute atomic E-state index is 11.7. The van der Waals surface area contributed by atoms with Crippen LogP contribution < -0.4 is 20.1 Å². The van der Waals surface area contributed by atoms with E-state index in [1.807, 2.05) is 31.2 Å². The number of rotatable bonds is 9. The Bertz CT molecular complexity index is 629. The number of ether oxygens (including phenoxy) is 2. The number of hydrogen-bond donors (Lipinski definition) is 2. The van der Waals surface area contributed by atoms with E-state index in [-0.39, 0.29) is 5.91 Å². The Kier molecular flexibility index (Phi) is 6.82. The molecular weight excluding hydrogens is 308 g/mol. The van der Waals surface area contributed by atoms with Crippen molar-refractivity contribution >= 4 is 11.7 Å². The van der Waals surface area contributed by atoms with Gasteiger partial charge in [0, 0.05) is 6.54 Å². The Morgan fingerprint density at radius 1 is 1.04 bits per heavy atom. The molecule has 7 heteroatoms. The number of aromatic nitrogens is 2. The molecule has 2 N–H and O–H groups in total. The molecule has 0 radical (unpaired) electrons. The molecule has 0 unspecified atom stereocenters. The van der Waals surface area contributed by atoms with E-state index in [0.29, 0.717) is 31.2 Å². The Balaban J connectivity index is 1.72. The third kappa shape index (κ3) is 5.42. The van der Waals surface area contributed by atoms with Gasteiger partial charge in [0.15, 0.2) is 5.69 Å². The fraction of sp³-hybridized carbons (Fsp3) is 0.353. The van der Waals surface area contributed by atoms with Crippen molar-refractivity contribution in [1.82, 2.24) is 15.5 Å². The van der Waals surface area contributed by atoms with Gasteiger partial charge in [0.1, 0.15) is 23.9 Å². The number of carbonyl (C=O) groups excluding carboxylic acids is 1. The van der Waals surface area contributed by atoms with Crippen molar-refractivity contribution in [3.05, 3.63) is 42.1 Å². The number of amides is 1. The molecule has 0 saturated carbocycles. The highest BCUT2D eigenvalue weighted by Crippen LogP contribution is 2.16. The number of anilines is 1. The number of methoxy groups -OCH3 is 1. The van der Waals surface area contributed by atoms with Gasteiger partial charge in [-0.2, -0.15) is 0 Å². The van der Waals surface area contributed by atoms with Crippen molar-refractivity contribution in [3.8, 4) is 11.5 Å². The monoisotopic (exact) mass is 330 g/mol. The minimum Gasteiger partial charge on any atom is -0.497 e. The average Bonchev–Trinajstić information content (AvgIpc) is 2.64. The Labute approximate surface area is 141 Å². The molecule has 0 fully saturated rings. The SMILES string of the molecule is CCCNC(=O)c1ccc(NCCOc2ccc(OC)cc2)nn1. The van der Waals surface area contributed by atoms with Crippen LogP contribution >= 0.6 is 0 Å². The fourth-order valence-electron chi connectivity index (χ4n) is 1.90. The number of hydrogen-bond acceptors (Lipinski definition) is 6. The molecule has 7 nitrogen and oxygen atoms in total. The van der Waals surface area contributed by atoms with Crippen LogP contribution in [0.25, 0.3) is 0 Å². The molecule has 0 atom stereocenters. The lowest BCUT2D eigenvalue weighted by atomic mass is 10.3. The summed E-state index contributed by atoms with van der Waals surface area (Å²) in [4.78, 5) is 11.7. The second-order valence-corrected chi connectivity index (χ2v) is 5.01. The summed E-state index contributed by atoms with van der Waals surface area (Å²) in [6.07, 6.45) is 0.882. The van der Waals surface area contributed by atoms with Crippen LogP contribution in [0, 0.1) is 0 Å². The minimum absolute atomic E-state index is 0.210. The van der Waals surface area contributed by atoms with Crippen LogP contribution in [0.15, 0.2) is 36.4 Å². The number of benzene rings is 1. The van der Waals surface area contributed by atoms with Gasteiger partial charge in [0.25, 0.3) is 5.91 Å². The van der Waals surface area contributed by atoms with Gasteiger partial charge in [-0.05, 0) is 42.8 Å². The van der Waals surface area contributed by atoms with Crippen molar-refractivity contribution in [1.29, 1.82) is 0 Å². The first-order valence-corrected chi connectivity index (χ1v) is 7.85. The van der Waals surface area contributed by atoms with Crippen molar-refractivity contribution in [2.24, 2.45) is 0 Å².